The first-order valence-corrected chi connectivity index (χ1v) is 15.1. The SMILES string of the molecule is CCCC(C)C1C(O)=C(C2=C(C#N)S(=O)(=O)c3cc(NS(C)(=O)=O)ccc3N2)C(=O)N1CCC(C)C. The third-order valence-corrected chi connectivity index (χ3v) is 8.61. The van der Waals surface area contributed by atoms with Crippen LogP contribution in [0.15, 0.2) is 45.0 Å². The second-order valence-corrected chi connectivity index (χ2v) is 13.3. The first-order chi connectivity index (χ1) is 16.7. The number of aliphatic hydroxyl groups is 1. The average molecular weight is 537 g/mol. The maximum Gasteiger partial charge on any atom is 0.260 e. The first kappa shape index (κ1) is 27.5. The fraction of sp³-hybridized carbons (Fsp3) is 0.500. The number of allylic oxidation sites excluding steroid dienone is 1. The summed E-state index contributed by atoms with van der Waals surface area (Å²) >= 11 is 0. The fourth-order valence-corrected chi connectivity index (χ4v) is 6.60. The van der Waals surface area contributed by atoms with Gasteiger partial charge in [0.1, 0.15) is 17.4 Å². The van der Waals surface area contributed by atoms with E-state index in [4.69, 9.17) is 0 Å². The third-order valence-electron chi connectivity index (χ3n) is 6.26. The maximum atomic E-state index is 13.6. The van der Waals surface area contributed by atoms with E-state index in [1.165, 1.54) is 12.1 Å². The van der Waals surface area contributed by atoms with Crippen LogP contribution in [0.25, 0.3) is 0 Å². The Morgan fingerprint density at radius 3 is 2.47 bits per heavy atom. The van der Waals surface area contributed by atoms with Gasteiger partial charge in [-0.25, -0.2) is 16.8 Å². The summed E-state index contributed by atoms with van der Waals surface area (Å²) in [6, 6.07) is 4.87. The van der Waals surface area contributed by atoms with Crippen molar-refractivity contribution in [2.75, 3.05) is 22.8 Å². The molecule has 0 aromatic heterocycles. The van der Waals surface area contributed by atoms with Crippen LogP contribution in [0.3, 0.4) is 0 Å². The second-order valence-electron chi connectivity index (χ2n) is 9.68. The van der Waals surface area contributed by atoms with Crippen molar-refractivity contribution in [3.8, 4) is 6.07 Å². The lowest BCUT2D eigenvalue weighted by Gasteiger charge is -2.30. The number of rotatable bonds is 9. The monoisotopic (exact) mass is 536 g/mol. The van der Waals surface area contributed by atoms with Crippen molar-refractivity contribution in [2.45, 2.75) is 57.9 Å². The summed E-state index contributed by atoms with van der Waals surface area (Å²) in [5.41, 5.74) is -0.419. The highest BCUT2D eigenvalue weighted by Gasteiger charge is 2.46. The van der Waals surface area contributed by atoms with Crippen molar-refractivity contribution < 1.29 is 26.7 Å². The highest BCUT2D eigenvalue weighted by molar-refractivity contribution is 7.96. The van der Waals surface area contributed by atoms with E-state index < -0.39 is 36.7 Å². The predicted molar refractivity (Wildman–Crippen MR) is 137 cm³/mol. The zero-order valence-corrected chi connectivity index (χ0v) is 22.6. The number of carbonyl (C=O) groups excluding carboxylic acids is 1. The van der Waals surface area contributed by atoms with E-state index in [0.29, 0.717) is 18.9 Å². The van der Waals surface area contributed by atoms with Gasteiger partial charge in [0, 0.05) is 12.2 Å². The number of sulfonamides is 1. The van der Waals surface area contributed by atoms with Gasteiger partial charge in [0.15, 0.2) is 4.91 Å². The number of aliphatic hydroxyl groups excluding tert-OH is 1. The summed E-state index contributed by atoms with van der Waals surface area (Å²) in [5.74, 6) is -0.582. The molecule has 1 amide bonds. The number of nitriles is 1. The van der Waals surface area contributed by atoms with E-state index in [2.05, 4.69) is 10.0 Å². The molecular weight excluding hydrogens is 504 g/mol. The normalized spacial score (nSPS) is 20.3. The van der Waals surface area contributed by atoms with Gasteiger partial charge < -0.3 is 15.3 Å². The van der Waals surface area contributed by atoms with E-state index in [1.807, 2.05) is 27.7 Å². The molecule has 2 unspecified atom stereocenters. The zero-order chi connectivity index (χ0) is 27.0. The van der Waals surface area contributed by atoms with E-state index >= 15 is 0 Å². The highest BCUT2D eigenvalue weighted by Crippen LogP contribution is 2.42. The number of fused-ring (bicyclic) bond motifs is 1. The lowest BCUT2D eigenvalue weighted by molar-refractivity contribution is -0.127. The molecule has 2 atom stereocenters. The Morgan fingerprint density at radius 1 is 1.25 bits per heavy atom. The van der Waals surface area contributed by atoms with E-state index in [9.17, 15) is 32.0 Å². The number of sulfone groups is 1. The van der Waals surface area contributed by atoms with Crippen LogP contribution in [-0.4, -0.2) is 51.6 Å². The van der Waals surface area contributed by atoms with Crippen molar-refractivity contribution in [1.82, 2.24) is 4.90 Å². The van der Waals surface area contributed by atoms with E-state index in [-0.39, 0.29) is 39.2 Å². The van der Waals surface area contributed by atoms with E-state index in [1.54, 1.807) is 11.0 Å². The second kappa shape index (κ2) is 10.1. The van der Waals surface area contributed by atoms with Crippen molar-refractivity contribution >= 4 is 37.1 Å². The Balaban J connectivity index is 2.16. The molecule has 10 nitrogen and oxygen atoms in total. The van der Waals surface area contributed by atoms with Gasteiger partial charge in [-0.1, -0.05) is 34.1 Å². The number of hydrogen-bond acceptors (Lipinski definition) is 8. The summed E-state index contributed by atoms with van der Waals surface area (Å²) in [6.07, 6.45) is 3.20. The quantitative estimate of drug-likeness (QED) is 0.433. The number of benzene rings is 1. The number of anilines is 2. The molecule has 3 rings (SSSR count). The average Bonchev–Trinajstić information content (AvgIpc) is 3.00. The molecule has 12 heteroatoms. The Kier molecular flexibility index (Phi) is 7.76. The van der Waals surface area contributed by atoms with Crippen LogP contribution in [0.1, 0.15) is 47.0 Å². The molecule has 0 fully saturated rings. The molecule has 0 bridgehead atoms. The molecular formula is C24H32N4O6S2. The molecule has 0 saturated heterocycles. The number of nitrogens with zero attached hydrogens (tertiary/aromatic N) is 2. The molecule has 2 aliphatic heterocycles. The minimum atomic E-state index is -4.43. The van der Waals surface area contributed by atoms with E-state index in [0.717, 1.165) is 25.2 Å². The summed E-state index contributed by atoms with van der Waals surface area (Å²) in [5, 5.41) is 24.0. The Morgan fingerprint density at radius 2 is 1.92 bits per heavy atom. The van der Waals surface area contributed by atoms with Crippen LogP contribution in [0.2, 0.25) is 0 Å². The highest BCUT2D eigenvalue weighted by atomic mass is 32.2. The number of nitrogens with one attached hydrogen (secondary N) is 2. The maximum absolute atomic E-state index is 13.6. The van der Waals surface area contributed by atoms with Crippen LogP contribution >= 0.6 is 0 Å². The van der Waals surface area contributed by atoms with Crippen molar-refractivity contribution in [3.05, 3.63) is 40.1 Å². The van der Waals surface area contributed by atoms with Gasteiger partial charge in [-0.3, -0.25) is 9.52 Å². The third kappa shape index (κ3) is 5.22. The largest absolute Gasteiger partial charge is 0.509 e. The molecule has 0 radical (unpaired) electrons. The van der Waals surface area contributed by atoms with Crippen molar-refractivity contribution in [1.29, 1.82) is 5.26 Å². The van der Waals surface area contributed by atoms with Crippen LogP contribution in [-0.2, 0) is 24.7 Å². The molecule has 1 aromatic carbocycles. The van der Waals surface area contributed by atoms with Crippen LogP contribution in [0.5, 0.6) is 0 Å². The summed E-state index contributed by atoms with van der Waals surface area (Å²) in [7, 11) is -8.10. The molecule has 1 aromatic rings. The van der Waals surface area contributed by atoms with Gasteiger partial charge in [0.25, 0.3) is 5.91 Å². The predicted octanol–water partition coefficient (Wildman–Crippen LogP) is 3.50. The zero-order valence-electron chi connectivity index (χ0n) is 21.0. The number of amides is 1. The molecule has 0 aliphatic carbocycles. The molecule has 36 heavy (non-hydrogen) atoms. The van der Waals surface area contributed by atoms with Crippen molar-refractivity contribution in [2.24, 2.45) is 11.8 Å². The molecule has 196 valence electrons. The molecule has 0 spiro atoms. The molecule has 2 aliphatic rings. The van der Waals surface area contributed by atoms with Crippen LogP contribution in [0.4, 0.5) is 11.4 Å². The number of hydrogen-bond donors (Lipinski definition) is 3. The molecule has 0 saturated carbocycles. The van der Waals surface area contributed by atoms with Crippen LogP contribution < -0.4 is 10.0 Å². The summed E-state index contributed by atoms with van der Waals surface area (Å²) in [6.45, 7) is 8.35. The minimum absolute atomic E-state index is 0.00897. The lowest BCUT2D eigenvalue weighted by Crippen LogP contribution is -2.41. The Bertz CT molecular complexity index is 1390. The van der Waals surface area contributed by atoms with Gasteiger partial charge in [0.2, 0.25) is 19.9 Å². The Labute approximate surface area is 212 Å². The fourth-order valence-electron chi connectivity index (χ4n) is 4.59. The van der Waals surface area contributed by atoms with Gasteiger partial charge in [0.05, 0.1) is 28.6 Å². The van der Waals surface area contributed by atoms with Gasteiger partial charge in [-0.2, -0.15) is 5.26 Å². The summed E-state index contributed by atoms with van der Waals surface area (Å²) < 4.78 is 52.2. The lowest BCUT2D eigenvalue weighted by atomic mass is 9.94. The van der Waals surface area contributed by atoms with Gasteiger partial charge in [-0.15, -0.1) is 0 Å². The van der Waals surface area contributed by atoms with Crippen LogP contribution in [0, 0.1) is 23.2 Å². The minimum Gasteiger partial charge on any atom is -0.509 e. The van der Waals surface area contributed by atoms with Gasteiger partial charge in [-0.05, 0) is 42.9 Å². The van der Waals surface area contributed by atoms with Crippen molar-refractivity contribution in [3.63, 3.8) is 0 Å². The standard InChI is InChI=1S/C24H32N4O6S2/c1-6-7-15(4)22-23(29)20(24(30)28(22)11-10-14(2)3)21-19(13-25)36(33,34)18-12-16(27-35(5,31)32)8-9-17(18)26-21/h8-9,12,14-15,22,26-27,29H,6-7,10-11H2,1-5H3. The Hall–Kier alpha value is -3.04. The summed E-state index contributed by atoms with van der Waals surface area (Å²) in [4.78, 5) is 14.1. The smallest absolute Gasteiger partial charge is 0.260 e. The topological polar surface area (TPSA) is 157 Å². The number of carbonyl (C=O) groups is 1. The van der Waals surface area contributed by atoms with Gasteiger partial charge >= 0.3 is 0 Å². The first-order valence-electron chi connectivity index (χ1n) is 11.8. The molecule has 2 heterocycles. The molecule has 3 N–H and O–H groups in total.